The number of nitriles is 1. The van der Waals surface area contributed by atoms with Gasteiger partial charge < -0.3 is 15.4 Å². The van der Waals surface area contributed by atoms with Gasteiger partial charge in [0.1, 0.15) is 17.4 Å². The summed E-state index contributed by atoms with van der Waals surface area (Å²) < 4.78 is 4.80. The van der Waals surface area contributed by atoms with Crippen LogP contribution in [0, 0.1) is 21.4 Å². The predicted octanol–water partition coefficient (Wildman–Crippen LogP) is 6.00. The molecule has 1 aliphatic rings. The Morgan fingerprint density at radius 2 is 2.06 bits per heavy atom. The molecular weight excluding hydrogens is 476 g/mol. The van der Waals surface area contributed by atoms with E-state index in [4.69, 9.17) is 21.6 Å². The maximum absolute atomic E-state index is 12.4. The number of nitrogens with zero attached hydrogens (tertiary/aromatic N) is 4. The van der Waals surface area contributed by atoms with Gasteiger partial charge in [-0.25, -0.2) is 4.79 Å². The summed E-state index contributed by atoms with van der Waals surface area (Å²) >= 11 is 6.21. The summed E-state index contributed by atoms with van der Waals surface area (Å²) in [5.74, 6) is -1.15. The van der Waals surface area contributed by atoms with Crippen molar-refractivity contribution in [2.45, 2.75) is 45.6 Å². The molecule has 2 aromatic rings. The van der Waals surface area contributed by atoms with Gasteiger partial charge in [0, 0.05) is 30.3 Å². The van der Waals surface area contributed by atoms with E-state index in [1.54, 1.807) is 18.2 Å². The van der Waals surface area contributed by atoms with Crippen molar-refractivity contribution in [1.82, 2.24) is 0 Å². The van der Waals surface area contributed by atoms with E-state index in [0.717, 1.165) is 29.8 Å². The molecule has 0 aliphatic carbocycles. The Kier molecular flexibility index (Phi) is 7.36. The molecule has 2 aromatic carbocycles. The van der Waals surface area contributed by atoms with Gasteiger partial charge >= 0.3 is 5.97 Å². The van der Waals surface area contributed by atoms with E-state index >= 15 is 0 Å². The van der Waals surface area contributed by atoms with E-state index in [0.29, 0.717) is 11.4 Å². The Bertz CT molecular complexity index is 1280. The second kappa shape index (κ2) is 10.1. The SMILES string of the molecule is CC(=O)Nc1cc2c(cc1N=Nc1c(Cl)cc([N+](=O)[O-])cc1C(=O)OCC#N)C(C)CC(C)(C)N2. The number of azo groups is 1. The zero-order valence-corrected chi connectivity index (χ0v) is 20.3. The minimum absolute atomic E-state index is 0.145. The van der Waals surface area contributed by atoms with Gasteiger partial charge in [0.15, 0.2) is 6.61 Å². The summed E-state index contributed by atoms with van der Waals surface area (Å²) in [7, 11) is 0. The van der Waals surface area contributed by atoms with Crippen LogP contribution in [0.15, 0.2) is 34.5 Å². The normalized spacial score (nSPS) is 16.1. The minimum Gasteiger partial charge on any atom is -0.447 e. The van der Waals surface area contributed by atoms with Crippen molar-refractivity contribution >= 4 is 51.9 Å². The highest BCUT2D eigenvalue weighted by molar-refractivity contribution is 6.34. The van der Waals surface area contributed by atoms with Crippen molar-refractivity contribution in [3.63, 3.8) is 0 Å². The molecule has 1 atom stereocenters. The molecule has 3 rings (SSSR count). The van der Waals surface area contributed by atoms with Gasteiger partial charge in [0.2, 0.25) is 5.91 Å². The summed E-state index contributed by atoms with van der Waals surface area (Å²) in [6.07, 6.45) is 0.860. The van der Waals surface area contributed by atoms with Gasteiger partial charge in [0.05, 0.1) is 21.2 Å². The molecule has 0 saturated carbocycles. The number of amides is 1. The molecule has 0 saturated heterocycles. The second-order valence-electron chi connectivity index (χ2n) is 8.77. The number of halogens is 1. The number of fused-ring (bicyclic) bond motifs is 1. The van der Waals surface area contributed by atoms with Crippen molar-refractivity contribution in [3.05, 3.63) is 50.5 Å². The molecule has 0 aromatic heterocycles. The number of hydrogen-bond acceptors (Lipinski definition) is 9. The van der Waals surface area contributed by atoms with Crippen LogP contribution < -0.4 is 10.6 Å². The van der Waals surface area contributed by atoms with E-state index in [2.05, 4.69) is 41.6 Å². The Balaban J connectivity index is 2.13. The minimum atomic E-state index is -1.02. The van der Waals surface area contributed by atoms with Crippen molar-refractivity contribution in [2.75, 3.05) is 17.2 Å². The van der Waals surface area contributed by atoms with Crippen LogP contribution >= 0.6 is 11.6 Å². The van der Waals surface area contributed by atoms with Crippen molar-refractivity contribution in [2.24, 2.45) is 10.2 Å². The number of nitro benzene ring substituents is 1. The highest BCUT2D eigenvalue weighted by Crippen LogP contribution is 2.44. The first kappa shape index (κ1) is 25.6. The van der Waals surface area contributed by atoms with Gasteiger partial charge in [-0.15, -0.1) is 10.2 Å². The molecule has 35 heavy (non-hydrogen) atoms. The average molecular weight is 499 g/mol. The van der Waals surface area contributed by atoms with Crippen LogP contribution in [-0.2, 0) is 9.53 Å². The van der Waals surface area contributed by atoms with Gasteiger partial charge in [0.25, 0.3) is 5.69 Å². The number of non-ortho nitro benzene ring substituents is 1. The van der Waals surface area contributed by atoms with E-state index in [1.165, 1.54) is 6.92 Å². The van der Waals surface area contributed by atoms with E-state index in [-0.39, 0.29) is 33.6 Å². The Labute approximate surface area is 206 Å². The fourth-order valence-electron chi connectivity index (χ4n) is 4.01. The molecule has 182 valence electrons. The van der Waals surface area contributed by atoms with Crippen LogP contribution in [-0.4, -0.2) is 28.9 Å². The number of rotatable bonds is 6. The third-order valence-corrected chi connectivity index (χ3v) is 5.59. The van der Waals surface area contributed by atoms with Gasteiger partial charge in [-0.2, -0.15) is 5.26 Å². The first-order valence-corrected chi connectivity index (χ1v) is 11.0. The fraction of sp³-hybridized carbons (Fsp3) is 0.348. The monoisotopic (exact) mass is 498 g/mol. The number of ether oxygens (including phenoxy) is 1. The molecule has 11 nitrogen and oxygen atoms in total. The number of nitro groups is 1. The predicted molar refractivity (Wildman–Crippen MR) is 130 cm³/mol. The summed E-state index contributed by atoms with van der Waals surface area (Å²) in [6, 6.07) is 7.19. The first-order valence-electron chi connectivity index (χ1n) is 10.6. The lowest BCUT2D eigenvalue weighted by Gasteiger charge is -2.38. The van der Waals surface area contributed by atoms with Crippen LogP contribution in [0.4, 0.5) is 28.4 Å². The number of benzene rings is 2. The standard InChI is InChI=1S/C23H23ClN6O5/c1-12-11-23(3,4)27-18-10-19(26-13(2)31)20(9-15(12)18)28-29-21-16(22(32)35-6-5-25)7-14(30(33)34)8-17(21)24/h7-10,12,27H,6,11H2,1-4H3,(H,26,31). The fourth-order valence-corrected chi connectivity index (χ4v) is 4.26. The van der Waals surface area contributed by atoms with Crippen molar-refractivity contribution in [3.8, 4) is 6.07 Å². The van der Waals surface area contributed by atoms with Gasteiger partial charge in [-0.3, -0.25) is 14.9 Å². The summed E-state index contributed by atoms with van der Waals surface area (Å²) in [5.41, 5.74) is 1.42. The maximum atomic E-state index is 12.4. The first-order chi connectivity index (χ1) is 16.4. The smallest absolute Gasteiger partial charge is 0.341 e. The van der Waals surface area contributed by atoms with Gasteiger partial charge in [-0.1, -0.05) is 18.5 Å². The third-order valence-electron chi connectivity index (χ3n) is 5.30. The summed E-state index contributed by atoms with van der Waals surface area (Å²) in [6.45, 7) is 7.05. The highest BCUT2D eigenvalue weighted by Gasteiger charge is 2.30. The number of nitrogens with one attached hydrogen (secondary N) is 2. The Morgan fingerprint density at radius 3 is 2.69 bits per heavy atom. The van der Waals surface area contributed by atoms with E-state index < -0.39 is 23.2 Å². The molecule has 0 spiro atoms. The number of carbonyl (C=O) groups is 2. The summed E-state index contributed by atoms with van der Waals surface area (Å²) in [5, 5.41) is 34.2. The lowest BCUT2D eigenvalue weighted by molar-refractivity contribution is -0.384. The molecule has 1 unspecified atom stereocenters. The average Bonchev–Trinajstić information content (AvgIpc) is 2.75. The van der Waals surface area contributed by atoms with Crippen LogP contribution in [0.1, 0.15) is 56.0 Å². The molecule has 0 bridgehead atoms. The number of esters is 1. The molecule has 0 radical (unpaired) electrons. The van der Waals surface area contributed by atoms with Crippen LogP contribution in [0.5, 0.6) is 0 Å². The van der Waals surface area contributed by atoms with Crippen LogP contribution in [0.2, 0.25) is 5.02 Å². The number of anilines is 2. The van der Waals surface area contributed by atoms with Gasteiger partial charge in [-0.05, 0) is 43.9 Å². The molecule has 1 aliphatic heterocycles. The Hall–Kier alpha value is -4.04. The van der Waals surface area contributed by atoms with E-state index in [1.807, 2.05) is 0 Å². The molecule has 12 heteroatoms. The molecule has 2 N–H and O–H groups in total. The molecule has 0 fully saturated rings. The molecule has 1 amide bonds. The Morgan fingerprint density at radius 1 is 1.34 bits per heavy atom. The molecular formula is C23H23ClN6O5. The molecule has 1 heterocycles. The van der Waals surface area contributed by atoms with Crippen molar-refractivity contribution in [1.29, 1.82) is 5.26 Å². The summed E-state index contributed by atoms with van der Waals surface area (Å²) in [4.78, 5) is 34.8. The lowest BCUT2D eigenvalue weighted by Crippen LogP contribution is -2.36. The highest BCUT2D eigenvalue weighted by atomic mass is 35.5. The topological polar surface area (TPSA) is 159 Å². The zero-order chi connectivity index (χ0) is 25.9. The maximum Gasteiger partial charge on any atom is 0.341 e. The number of carbonyl (C=O) groups excluding carboxylic acids is 2. The lowest BCUT2D eigenvalue weighted by atomic mass is 9.81. The third kappa shape index (κ3) is 5.91. The van der Waals surface area contributed by atoms with Crippen LogP contribution in [0.3, 0.4) is 0 Å². The van der Waals surface area contributed by atoms with Crippen LogP contribution in [0.25, 0.3) is 0 Å². The number of hydrogen-bond donors (Lipinski definition) is 2. The van der Waals surface area contributed by atoms with Crippen molar-refractivity contribution < 1.29 is 19.2 Å². The second-order valence-corrected chi connectivity index (χ2v) is 9.17. The van der Waals surface area contributed by atoms with E-state index in [9.17, 15) is 19.7 Å². The quantitative estimate of drug-likeness (QED) is 0.214. The zero-order valence-electron chi connectivity index (χ0n) is 19.5. The largest absolute Gasteiger partial charge is 0.447 e.